The van der Waals surface area contributed by atoms with E-state index in [0.29, 0.717) is 24.3 Å². The smallest absolute Gasteiger partial charge is 0.304 e. The molecule has 1 aliphatic carbocycles. The molecule has 2 N–H and O–H groups in total. The van der Waals surface area contributed by atoms with E-state index < -0.39 is 11.4 Å². The van der Waals surface area contributed by atoms with E-state index in [1.54, 1.807) is 0 Å². The standard InChI is InChI=1S/C21H18N2O5S/c24-19(25)9-21(7-12-3-1-2-4-13(12)8-21)20(26)22-10-18-23-14-5-15-16(28-11-27-15)6-17(14)29-18/h1-6H,7-11H2,(H,22,26)(H,24,25). The third-order valence-electron chi connectivity index (χ3n) is 5.47. The number of rotatable bonds is 5. The van der Waals surface area contributed by atoms with E-state index in [0.717, 1.165) is 26.4 Å². The van der Waals surface area contributed by atoms with Gasteiger partial charge in [-0.3, -0.25) is 9.59 Å². The maximum Gasteiger partial charge on any atom is 0.304 e. The summed E-state index contributed by atoms with van der Waals surface area (Å²) in [6.07, 6.45) is 0.667. The highest BCUT2D eigenvalue weighted by Crippen LogP contribution is 2.41. The fraction of sp³-hybridized carbons (Fsp3) is 0.286. The van der Waals surface area contributed by atoms with E-state index in [1.165, 1.54) is 11.3 Å². The van der Waals surface area contributed by atoms with Crippen molar-refractivity contribution >= 4 is 33.4 Å². The molecule has 0 atom stereocenters. The second kappa shape index (κ2) is 6.73. The number of fused-ring (bicyclic) bond motifs is 3. The molecule has 5 rings (SSSR count). The van der Waals surface area contributed by atoms with Gasteiger partial charge in [0.25, 0.3) is 0 Å². The summed E-state index contributed by atoms with van der Waals surface area (Å²) in [5.74, 6) is 0.148. The van der Waals surface area contributed by atoms with Crippen molar-refractivity contribution in [2.75, 3.05) is 6.79 Å². The lowest BCUT2D eigenvalue weighted by atomic mass is 9.80. The van der Waals surface area contributed by atoms with Gasteiger partial charge in [-0.1, -0.05) is 24.3 Å². The number of carbonyl (C=O) groups is 2. The summed E-state index contributed by atoms with van der Waals surface area (Å²) >= 11 is 1.47. The topological polar surface area (TPSA) is 97.8 Å². The molecule has 0 radical (unpaired) electrons. The number of nitrogens with one attached hydrogen (secondary N) is 1. The zero-order valence-electron chi connectivity index (χ0n) is 15.4. The maximum absolute atomic E-state index is 13.1. The zero-order valence-corrected chi connectivity index (χ0v) is 16.3. The highest BCUT2D eigenvalue weighted by atomic mass is 32.1. The Morgan fingerprint density at radius 1 is 1.14 bits per heavy atom. The summed E-state index contributed by atoms with van der Waals surface area (Å²) < 4.78 is 11.7. The maximum atomic E-state index is 13.1. The molecule has 148 valence electrons. The fourth-order valence-electron chi connectivity index (χ4n) is 4.13. The first-order valence-electron chi connectivity index (χ1n) is 9.28. The Kier molecular flexibility index (Phi) is 4.16. The molecule has 1 amide bonds. The van der Waals surface area contributed by atoms with Gasteiger partial charge in [-0.2, -0.15) is 0 Å². The first-order chi connectivity index (χ1) is 14.0. The normalized spacial score (nSPS) is 16.0. The number of amides is 1. The summed E-state index contributed by atoms with van der Waals surface area (Å²) in [5, 5.41) is 13.1. The van der Waals surface area contributed by atoms with E-state index in [4.69, 9.17) is 9.47 Å². The van der Waals surface area contributed by atoms with E-state index in [2.05, 4.69) is 10.3 Å². The molecule has 0 bridgehead atoms. The van der Waals surface area contributed by atoms with Gasteiger partial charge in [-0.05, 0) is 24.0 Å². The minimum Gasteiger partial charge on any atom is -0.481 e. The van der Waals surface area contributed by atoms with E-state index in [-0.39, 0.29) is 25.7 Å². The van der Waals surface area contributed by atoms with Gasteiger partial charge in [-0.25, -0.2) is 4.98 Å². The van der Waals surface area contributed by atoms with Crippen molar-refractivity contribution in [3.63, 3.8) is 0 Å². The van der Waals surface area contributed by atoms with Crippen molar-refractivity contribution in [2.45, 2.75) is 25.8 Å². The Hall–Kier alpha value is -3.13. The van der Waals surface area contributed by atoms with Crippen LogP contribution in [0.25, 0.3) is 10.2 Å². The van der Waals surface area contributed by atoms with Gasteiger partial charge in [-0.15, -0.1) is 11.3 Å². The van der Waals surface area contributed by atoms with E-state index in [1.807, 2.05) is 36.4 Å². The molecule has 8 heteroatoms. The van der Waals surface area contributed by atoms with Crippen LogP contribution >= 0.6 is 11.3 Å². The number of ether oxygens (including phenoxy) is 2. The summed E-state index contributed by atoms with van der Waals surface area (Å²) in [6.45, 7) is 0.464. The molecule has 2 aliphatic rings. The highest BCUT2D eigenvalue weighted by molar-refractivity contribution is 7.18. The summed E-state index contributed by atoms with van der Waals surface area (Å²) in [7, 11) is 0. The Bertz CT molecular complexity index is 1070. The molecule has 0 saturated heterocycles. The van der Waals surface area contributed by atoms with Crippen LogP contribution in [0.15, 0.2) is 36.4 Å². The number of thiazole rings is 1. The molecular formula is C21H18N2O5S. The molecule has 0 saturated carbocycles. The Morgan fingerprint density at radius 3 is 2.52 bits per heavy atom. The van der Waals surface area contributed by atoms with Crippen LogP contribution in [0.3, 0.4) is 0 Å². The van der Waals surface area contributed by atoms with Crippen molar-refractivity contribution in [3.8, 4) is 11.5 Å². The predicted octanol–water partition coefficient (Wildman–Crippen LogP) is 2.90. The average molecular weight is 410 g/mol. The minimum absolute atomic E-state index is 0.200. The average Bonchev–Trinajstić information content (AvgIpc) is 3.38. The molecule has 29 heavy (non-hydrogen) atoms. The molecule has 1 aliphatic heterocycles. The van der Waals surface area contributed by atoms with Crippen LogP contribution in [-0.4, -0.2) is 28.8 Å². The SMILES string of the molecule is O=C(O)CC1(C(=O)NCc2nc3cc4c(cc3s2)OCO4)Cc2ccccc2C1. The van der Waals surface area contributed by atoms with Gasteiger partial charge in [0, 0.05) is 12.1 Å². The molecule has 3 aromatic rings. The van der Waals surface area contributed by atoms with Crippen LogP contribution in [0.1, 0.15) is 22.6 Å². The summed E-state index contributed by atoms with van der Waals surface area (Å²) in [6, 6.07) is 11.5. The largest absolute Gasteiger partial charge is 0.481 e. The van der Waals surface area contributed by atoms with Gasteiger partial charge < -0.3 is 19.9 Å². The number of carbonyl (C=O) groups excluding carboxylic acids is 1. The Balaban J connectivity index is 1.35. The number of carboxylic acid groups (broad SMARTS) is 1. The summed E-state index contributed by atoms with van der Waals surface area (Å²) in [4.78, 5) is 29.1. The first-order valence-corrected chi connectivity index (χ1v) is 10.1. The van der Waals surface area contributed by atoms with Crippen molar-refractivity contribution in [1.29, 1.82) is 0 Å². The second-order valence-corrected chi connectivity index (χ2v) is 8.55. The van der Waals surface area contributed by atoms with Crippen LogP contribution in [-0.2, 0) is 29.0 Å². The molecule has 0 unspecified atom stereocenters. The molecular weight excluding hydrogens is 392 g/mol. The lowest BCUT2D eigenvalue weighted by molar-refractivity contribution is -0.145. The number of aromatic nitrogens is 1. The van der Waals surface area contributed by atoms with Crippen LogP contribution in [0, 0.1) is 5.41 Å². The number of aliphatic carboxylic acids is 1. The van der Waals surface area contributed by atoms with Crippen molar-refractivity contribution in [3.05, 3.63) is 52.5 Å². The Morgan fingerprint density at radius 2 is 1.83 bits per heavy atom. The molecule has 0 spiro atoms. The first kappa shape index (κ1) is 17.9. The van der Waals surface area contributed by atoms with Gasteiger partial charge >= 0.3 is 5.97 Å². The number of hydrogen-bond donors (Lipinski definition) is 2. The highest BCUT2D eigenvalue weighted by Gasteiger charge is 2.45. The lowest BCUT2D eigenvalue weighted by Gasteiger charge is -2.25. The number of carboxylic acids is 1. The summed E-state index contributed by atoms with van der Waals surface area (Å²) in [5.41, 5.74) is 1.91. The quantitative estimate of drug-likeness (QED) is 0.671. The fourth-order valence-corrected chi connectivity index (χ4v) is 5.05. The Labute approximate surface area is 170 Å². The third kappa shape index (κ3) is 3.19. The van der Waals surface area contributed by atoms with Crippen LogP contribution in [0.2, 0.25) is 0 Å². The van der Waals surface area contributed by atoms with Gasteiger partial charge in [0.2, 0.25) is 12.7 Å². The monoisotopic (exact) mass is 410 g/mol. The predicted molar refractivity (Wildman–Crippen MR) is 106 cm³/mol. The zero-order chi connectivity index (χ0) is 20.0. The van der Waals surface area contributed by atoms with Crippen LogP contribution in [0.4, 0.5) is 0 Å². The van der Waals surface area contributed by atoms with Crippen molar-refractivity contribution in [1.82, 2.24) is 10.3 Å². The second-order valence-electron chi connectivity index (χ2n) is 7.44. The lowest BCUT2D eigenvalue weighted by Crippen LogP contribution is -2.43. The van der Waals surface area contributed by atoms with E-state index >= 15 is 0 Å². The van der Waals surface area contributed by atoms with Crippen LogP contribution < -0.4 is 14.8 Å². The molecule has 0 fully saturated rings. The van der Waals surface area contributed by atoms with Crippen molar-refractivity contribution < 1.29 is 24.2 Å². The third-order valence-corrected chi connectivity index (χ3v) is 6.49. The number of benzene rings is 2. The number of hydrogen-bond acceptors (Lipinski definition) is 6. The molecule has 1 aromatic heterocycles. The van der Waals surface area contributed by atoms with Gasteiger partial charge in [0.15, 0.2) is 11.5 Å². The van der Waals surface area contributed by atoms with Crippen LogP contribution in [0.5, 0.6) is 11.5 Å². The van der Waals surface area contributed by atoms with Gasteiger partial charge in [0.1, 0.15) is 5.01 Å². The number of nitrogens with zero attached hydrogens (tertiary/aromatic N) is 1. The molecule has 7 nitrogen and oxygen atoms in total. The molecule has 2 heterocycles. The van der Waals surface area contributed by atoms with Crippen molar-refractivity contribution in [2.24, 2.45) is 5.41 Å². The van der Waals surface area contributed by atoms with E-state index in [9.17, 15) is 14.7 Å². The minimum atomic E-state index is -0.970. The molecule has 2 aromatic carbocycles. The van der Waals surface area contributed by atoms with Gasteiger partial charge in [0.05, 0.1) is 28.6 Å².